The van der Waals surface area contributed by atoms with Gasteiger partial charge >= 0.3 is 0 Å². The Labute approximate surface area is 56.7 Å². The highest BCUT2D eigenvalue weighted by atomic mass is 19.1. The van der Waals surface area contributed by atoms with Crippen LogP contribution < -0.4 is 5.73 Å². The number of pyridine rings is 1. The summed E-state index contributed by atoms with van der Waals surface area (Å²) in [5.41, 5.74) is 5.23. The Kier molecular flexibility index (Phi) is 1.62. The molecule has 0 bridgehead atoms. The van der Waals surface area contributed by atoms with E-state index in [2.05, 4.69) is 4.98 Å². The second kappa shape index (κ2) is 2.43. The normalized spacial score (nSPS) is 9.30. The molecule has 0 unspecified atom stereocenters. The molecule has 52 valence electrons. The second-order valence-electron chi connectivity index (χ2n) is 1.75. The minimum absolute atomic E-state index is 0.187. The maximum absolute atomic E-state index is 12.4. The van der Waals surface area contributed by atoms with Crippen molar-refractivity contribution in [2.24, 2.45) is 0 Å². The van der Waals surface area contributed by atoms with Crippen molar-refractivity contribution in [3.05, 3.63) is 23.6 Å². The lowest BCUT2D eigenvalue weighted by molar-refractivity contribution is 0.112. The number of nitrogens with two attached hydrogens (primary N) is 1. The number of halogens is 1. The molecule has 2 N–H and O–H groups in total. The van der Waals surface area contributed by atoms with Crippen molar-refractivity contribution in [2.75, 3.05) is 5.73 Å². The average molecular weight is 140 g/mol. The van der Waals surface area contributed by atoms with Crippen LogP contribution in [0.4, 0.5) is 10.2 Å². The maximum Gasteiger partial charge on any atom is 0.165 e. The zero-order chi connectivity index (χ0) is 7.56. The lowest BCUT2D eigenvalue weighted by Crippen LogP contribution is -1.95. The van der Waals surface area contributed by atoms with Gasteiger partial charge in [-0.1, -0.05) is 0 Å². The molecule has 0 aliphatic carbocycles. The van der Waals surface area contributed by atoms with E-state index in [0.29, 0.717) is 6.29 Å². The van der Waals surface area contributed by atoms with Crippen LogP contribution >= 0.6 is 0 Å². The van der Waals surface area contributed by atoms with Gasteiger partial charge in [-0.3, -0.25) is 4.79 Å². The smallest absolute Gasteiger partial charge is 0.165 e. The number of aromatic nitrogens is 1. The third kappa shape index (κ3) is 1.10. The Morgan fingerprint density at radius 3 is 2.90 bits per heavy atom. The molecule has 0 atom stereocenters. The fraction of sp³-hybridized carbons (Fsp3) is 0. The van der Waals surface area contributed by atoms with Crippen LogP contribution in [-0.4, -0.2) is 11.3 Å². The van der Waals surface area contributed by atoms with E-state index in [4.69, 9.17) is 5.73 Å². The Balaban J connectivity index is 3.16. The standard InChI is InChI=1S/C6H5FN2O/c7-5-1-4(3-10)2-9-6(5)8/h1-3H,(H2,8,9). The van der Waals surface area contributed by atoms with Gasteiger partial charge in [-0.15, -0.1) is 0 Å². The van der Waals surface area contributed by atoms with E-state index in [9.17, 15) is 9.18 Å². The fourth-order valence-electron chi connectivity index (χ4n) is 0.528. The van der Waals surface area contributed by atoms with Crippen molar-refractivity contribution in [3.63, 3.8) is 0 Å². The van der Waals surface area contributed by atoms with Gasteiger partial charge in [0.2, 0.25) is 0 Å². The minimum atomic E-state index is -0.662. The first-order valence-electron chi connectivity index (χ1n) is 2.60. The summed E-state index contributed by atoms with van der Waals surface area (Å²) in [7, 11) is 0. The summed E-state index contributed by atoms with van der Waals surface area (Å²) in [6.45, 7) is 0. The lowest BCUT2D eigenvalue weighted by atomic mass is 10.3. The van der Waals surface area contributed by atoms with E-state index in [-0.39, 0.29) is 11.4 Å². The molecule has 1 heterocycles. The van der Waals surface area contributed by atoms with Crippen LogP contribution in [0.25, 0.3) is 0 Å². The first-order valence-corrected chi connectivity index (χ1v) is 2.60. The van der Waals surface area contributed by atoms with Gasteiger partial charge in [0.15, 0.2) is 17.9 Å². The molecule has 0 saturated carbocycles. The van der Waals surface area contributed by atoms with E-state index >= 15 is 0 Å². The first-order chi connectivity index (χ1) is 4.74. The molecule has 1 aromatic rings. The van der Waals surface area contributed by atoms with Crippen LogP contribution in [0.15, 0.2) is 12.3 Å². The second-order valence-corrected chi connectivity index (χ2v) is 1.75. The van der Waals surface area contributed by atoms with E-state index in [1.807, 2.05) is 0 Å². The largest absolute Gasteiger partial charge is 0.381 e. The van der Waals surface area contributed by atoms with Crippen LogP contribution in [0.5, 0.6) is 0 Å². The van der Waals surface area contributed by atoms with Gasteiger partial charge in [0.1, 0.15) is 0 Å². The van der Waals surface area contributed by atoms with Gasteiger partial charge in [-0.25, -0.2) is 9.37 Å². The van der Waals surface area contributed by atoms with Gasteiger partial charge in [0, 0.05) is 11.8 Å². The van der Waals surface area contributed by atoms with Crippen LogP contribution in [0.2, 0.25) is 0 Å². The van der Waals surface area contributed by atoms with Gasteiger partial charge in [-0.05, 0) is 6.07 Å². The third-order valence-corrected chi connectivity index (χ3v) is 1.03. The molecule has 0 spiro atoms. The van der Waals surface area contributed by atoms with E-state index in [1.165, 1.54) is 6.20 Å². The summed E-state index contributed by atoms with van der Waals surface area (Å²) >= 11 is 0. The Morgan fingerprint density at radius 1 is 1.70 bits per heavy atom. The van der Waals surface area contributed by atoms with Crippen LogP contribution in [0.1, 0.15) is 10.4 Å². The van der Waals surface area contributed by atoms with Gasteiger partial charge < -0.3 is 5.73 Å². The number of rotatable bonds is 1. The number of nitrogen functional groups attached to an aromatic ring is 1. The van der Waals surface area contributed by atoms with E-state index in [1.54, 1.807) is 0 Å². The highest BCUT2D eigenvalue weighted by Crippen LogP contribution is 2.05. The Hall–Kier alpha value is -1.45. The van der Waals surface area contributed by atoms with Crippen molar-refractivity contribution >= 4 is 12.1 Å². The topological polar surface area (TPSA) is 56.0 Å². The molecule has 3 nitrogen and oxygen atoms in total. The summed E-state index contributed by atoms with van der Waals surface area (Å²) in [6, 6.07) is 1.04. The SMILES string of the molecule is Nc1ncc(C=O)cc1F. The summed E-state index contributed by atoms with van der Waals surface area (Å²) in [6.07, 6.45) is 1.72. The summed E-state index contributed by atoms with van der Waals surface area (Å²) in [5, 5.41) is 0. The number of hydrogen-bond acceptors (Lipinski definition) is 3. The minimum Gasteiger partial charge on any atom is -0.381 e. The number of hydrogen-bond donors (Lipinski definition) is 1. The molecule has 0 amide bonds. The van der Waals surface area contributed by atoms with Gasteiger partial charge in [0.25, 0.3) is 0 Å². The third-order valence-electron chi connectivity index (χ3n) is 1.03. The number of carbonyl (C=O) groups is 1. The molecule has 0 radical (unpaired) electrons. The molecular weight excluding hydrogens is 135 g/mol. The predicted molar refractivity (Wildman–Crippen MR) is 34.0 cm³/mol. The molecule has 1 rings (SSSR count). The Morgan fingerprint density at radius 2 is 2.40 bits per heavy atom. The quantitative estimate of drug-likeness (QED) is 0.581. The maximum atomic E-state index is 12.4. The highest BCUT2D eigenvalue weighted by molar-refractivity contribution is 5.74. The molecule has 0 fully saturated rings. The molecule has 10 heavy (non-hydrogen) atoms. The van der Waals surface area contributed by atoms with Crippen molar-refractivity contribution < 1.29 is 9.18 Å². The van der Waals surface area contributed by atoms with E-state index in [0.717, 1.165) is 6.07 Å². The molecule has 4 heteroatoms. The van der Waals surface area contributed by atoms with Gasteiger partial charge in [0.05, 0.1) is 0 Å². The number of aldehydes is 1. The van der Waals surface area contributed by atoms with Gasteiger partial charge in [-0.2, -0.15) is 0 Å². The van der Waals surface area contributed by atoms with Crippen LogP contribution in [0.3, 0.4) is 0 Å². The van der Waals surface area contributed by atoms with Crippen molar-refractivity contribution in [3.8, 4) is 0 Å². The number of anilines is 1. The van der Waals surface area contributed by atoms with Crippen molar-refractivity contribution in [2.45, 2.75) is 0 Å². The first kappa shape index (κ1) is 6.67. The zero-order valence-electron chi connectivity index (χ0n) is 5.04. The van der Waals surface area contributed by atoms with Crippen molar-refractivity contribution in [1.82, 2.24) is 4.98 Å². The average Bonchev–Trinajstić information content (AvgIpc) is 1.95. The van der Waals surface area contributed by atoms with Crippen LogP contribution in [-0.2, 0) is 0 Å². The number of carbonyl (C=O) groups excluding carboxylic acids is 1. The molecule has 0 aliphatic heterocycles. The highest BCUT2D eigenvalue weighted by Gasteiger charge is 1.98. The summed E-state index contributed by atoms with van der Waals surface area (Å²) in [5.74, 6) is -0.852. The molecule has 0 saturated heterocycles. The number of nitrogens with zero attached hydrogens (tertiary/aromatic N) is 1. The van der Waals surface area contributed by atoms with Crippen LogP contribution in [0, 0.1) is 5.82 Å². The summed E-state index contributed by atoms with van der Waals surface area (Å²) < 4.78 is 12.4. The molecular formula is C6H5FN2O. The fourth-order valence-corrected chi connectivity index (χ4v) is 0.528. The molecule has 1 aromatic heterocycles. The Bertz CT molecular complexity index is 262. The molecule has 0 aromatic carbocycles. The molecule has 0 aliphatic rings. The van der Waals surface area contributed by atoms with E-state index < -0.39 is 5.82 Å². The lowest BCUT2D eigenvalue weighted by Gasteiger charge is -1.93. The van der Waals surface area contributed by atoms with Crippen molar-refractivity contribution in [1.29, 1.82) is 0 Å². The predicted octanol–water partition coefficient (Wildman–Crippen LogP) is 0.615. The summed E-state index contributed by atoms with van der Waals surface area (Å²) in [4.78, 5) is 13.4. The monoisotopic (exact) mass is 140 g/mol. The zero-order valence-corrected chi connectivity index (χ0v) is 5.04.